The van der Waals surface area contributed by atoms with Crippen LogP contribution in [0.2, 0.25) is 0 Å². The molecule has 1 amide bonds. The fourth-order valence-corrected chi connectivity index (χ4v) is 3.95. The van der Waals surface area contributed by atoms with E-state index in [4.69, 9.17) is 10.00 Å². The van der Waals surface area contributed by atoms with Gasteiger partial charge in [-0.25, -0.2) is 4.98 Å². The Morgan fingerprint density at radius 2 is 1.93 bits per heavy atom. The number of ether oxygens (including phenoxy) is 1. The molecule has 1 aromatic heterocycles. The number of carbonyl (C=O) groups is 1. The molecule has 1 N–H and O–H groups in total. The SMILES string of the molecule is Cc1ccc2nc(-c3ccc(NC(=O)COc4ccccc4C#N)cc3)sc2c1. The highest BCUT2D eigenvalue weighted by atomic mass is 32.1. The highest BCUT2D eigenvalue weighted by Crippen LogP contribution is 2.31. The normalized spacial score (nSPS) is 10.5. The van der Waals surface area contributed by atoms with Crippen molar-refractivity contribution in [1.82, 2.24) is 4.98 Å². The molecule has 3 aromatic carbocycles. The van der Waals surface area contributed by atoms with Gasteiger partial charge in [-0.05, 0) is 61.0 Å². The predicted molar refractivity (Wildman–Crippen MR) is 115 cm³/mol. The Morgan fingerprint density at radius 3 is 2.72 bits per heavy atom. The average Bonchev–Trinajstić information content (AvgIpc) is 3.16. The predicted octanol–water partition coefficient (Wildman–Crippen LogP) is 5.16. The molecule has 0 unspecified atom stereocenters. The third-order valence-electron chi connectivity index (χ3n) is 4.33. The fourth-order valence-electron chi connectivity index (χ4n) is 2.88. The number of anilines is 1. The number of hydrogen-bond donors (Lipinski definition) is 1. The van der Waals surface area contributed by atoms with E-state index in [9.17, 15) is 4.79 Å². The van der Waals surface area contributed by atoms with E-state index in [1.165, 1.54) is 5.56 Å². The van der Waals surface area contributed by atoms with Crippen molar-refractivity contribution < 1.29 is 9.53 Å². The lowest BCUT2D eigenvalue weighted by Crippen LogP contribution is -2.20. The van der Waals surface area contributed by atoms with Crippen LogP contribution in [0.3, 0.4) is 0 Å². The summed E-state index contributed by atoms with van der Waals surface area (Å²) in [4.78, 5) is 16.8. The zero-order valence-electron chi connectivity index (χ0n) is 15.7. The molecule has 0 saturated carbocycles. The number of amides is 1. The van der Waals surface area contributed by atoms with Gasteiger partial charge in [-0.15, -0.1) is 11.3 Å². The van der Waals surface area contributed by atoms with Crippen LogP contribution in [0.1, 0.15) is 11.1 Å². The number of carbonyl (C=O) groups excluding carboxylic acids is 1. The molecule has 4 aromatic rings. The van der Waals surface area contributed by atoms with Crippen molar-refractivity contribution in [2.24, 2.45) is 0 Å². The maximum absolute atomic E-state index is 12.2. The molecule has 1 heterocycles. The summed E-state index contributed by atoms with van der Waals surface area (Å²) in [5.41, 5.74) is 4.28. The van der Waals surface area contributed by atoms with E-state index >= 15 is 0 Å². The van der Waals surface area contributed by atoms with Gasteiger partial charge in [0.15, 0.2) is 6.61 Å². The first kappa shape index (κ1) is 18.7. The number of fused-ring (bicyclic) bond motifs is 1. The minimum Gasteiger partial charge on any atom is -0.482 e. The summed E-state index contributed by atoms with van der Waals surface area (Å²) in [6.45, 7) is 1.90. The summed E-state index contributed by atoms with van der Waals surface area (Å²) in [6, 6.07) is 22.6. The van der Waals surface area contributed by atoms with Gasteiger partial charge in [-0.1, -0.05) is 18.2 Å². The minimum absolute atomic E-state index is 0.169. The molecule has 0 atom stereocenters. The summed E-state index contributed by atoms with van der Waals surface area (Å²) in [7, 11) is 0. The summed E-state index contributed by atoms with van der Waals surface area (Å²) < 4.78 is 6.61. The molecular formula is C23H17N3O2S. The van der Waals surface area contributed by atoms with Gasteiger partial charge in [0, 0.05) is 11.3 Å². The van der Waals surface area contributed by atoms with Crippen LogP contribution >= 0.6 is 11.3 Å². The lowest BCUT2D eigenvalue weighted by atomic mass is 10.2. The Bertz CT molecular complexity index is 1220. The van der Waals surface area contributed by atoms with E-state index in [2.05, 4.69) is 29.4 Å². The molecule has 5 nitrogen and oxygen atoms in total. The number of rotatable bonds is 5. The van der Waals surface area contributed by atoms with Crippen LogP contribution < -0.4 is 10.1 Å². The number of aromatic nitrogens is 1. The Labute approximate surface area is 172 Å². The molecule has 0 aliphatic rings. The van der Waals surface area contributed by atoms with Crippen molar-refractivity contribution >= 4 is 33.1 Å². The number of benzene rings is 3. The van der Waals surface area contributed by atoms with Crippen LogP contribution in [0, 0.1) is 18.3 Å². The van der Waals surface area contributed by atoms with Gasteiger partial charge in [0.2, 0.25) is 0 Å². The number of nitriles is 1. The topological polar surface area (TPSA) is 75.0 Å². The summed E-state index contributed by atoms with van der Waals surface area (Å²) in [5.74, 6) is 0.104. The van der Waals surface area contributed by atoms with Crippen LogP contribution in [0.15, 0.2) is 66.7 Å². The van der Waals surface area contributed by atoms with Crippen molar-refractivity contribution in [3.8, 4) is 22.4 Å². The van der Waals surface area contributed by atoms with E-state index in [1.54, 1.807) is 35.6 Å². The minimum atomic E-state index is -0.291. The Kier molecular flexibility index (Phi) is 5.23. The second-order valence-electron chi connectivity index (χ2n) is 6.51. The smallest absolute Gasteiger partial charge is 0.262 e. The first-order valence-electron chi connectivity index (χ1n) is 9.02. The molecule has 0 bridgehead atoms. The molecule has 0 fully saturated rings. The quantitative estimate of drug-likeness (QED) is 0.503. The zero-order chi connectivity index (χ0) is 20.2. The van der Waals surface area contributed by atoms with Crippen LogP contribution in [0.4, 0.5) is 5.69 Å². The molecule has 0 radical (unpaired) electrons. The van der Waals surface area contributed by atoms with Crippen molar-refractivity contribution in [3.05, 3.63) is 77.9 Å². The highest BCUT2D eigenvalue weighted by molar-refractivity contribution is 7.21. The second-order valence-corrected chi connectivity index (χ2v) is 7.54. The molecule has 4 rings (SSSR count). The van der Waals surface area contributed by atoms with E-state index in [0.29, 0.717) is 17.0 Å². The number of thiazole rings is 1. The summed E-state index contributed by atoms with van der Waals surface area (Å²) in [5, 5.41) is 12.8. The van der Waals surface area contributed by atoms with E-state index in [1.807, 2.05) is 36.4 Å². The Balaban J connectivity index is 1.41. The zero-order valence-corrected chi connectivity index (χ0v) is 16.5. The van der Waals surface area contributed by atoms with Gasteiger partial charge in [0.25, 0.3) is 5.91 Å². The van der Waals surface area contributed by atoms with Gasteiger partial charge >= 0.3 is 0 Å². The number of nitrogens with zero attached hydrogens (tertiary/aromatic N) is 2. The molecule has 0 aliphatic carbocycles. The number of para-hydroxylation sites is 1. The van der Waals surface area contributed by atoms with Gasteiger partial charge in [-0.2, -0.15) is 5.26 Å². The number of hydrogen-bond acceptors (Lipinski definition) is 5. The third kappa shape index (κ3) is 4.26. The van der Waals surface area contributed by atoms with Gasteiger partial charge in [0.05, 0.1) is 15.8 Å². The third-order valence-corrected chi connectivity index (χ3v) is 5.39. The Hall–Kier alpha value is -3.69. The van der Waals surface area contributed by atoms with Crippen molar-refractivity contribution in [2.75, 3.05) is 11.9 Å². The molecule has 6 heteroatoms. The monoisotopic (exact) mass is 399 g/mol. The van der Waals surface area contributed by atoms with Gasteiger partial charge < -0.3 is 10.1 Å². The van der Waals surface area contributed by atoms with Crippen LogP contribution in [0.25, 0.3) is 20.8 Å². The molecule has 0 aliphatic heterocycles. The Morgan fingerprint density at radius 1 is 1.14 bits per heavy atom. The average molecular weight is 399 g/mol. The molecular weight excluding hydrogens is 382 g/mol. The first-order valence-corrected chi connectivity index (χ1v) is 9.83. The number of nitrogens with one attached hydrogen (secondary N) is 1. The second kappa shape index (κ2) is 8.13. The van der Waals surface area contributed by atoms with Crippen molar-refractivity contribution in [1.29, 1.82) is 5.26 Å². The van der Waals surface area contributed by atoms with Crippen LogP contribution in [0.5, 0.6) is 5.75 Å². The fraction of sp³-hybridized carbons (Fsp3) is 0.0870. The number of aryl methyl sites for hydroxylation is 1. The van der Waals surface area contributed by atoms with Gasteiger partial charge in [0.1, 0.15) is 16.8 Å². The molecule has 29 heavy (non-hydrogen) atoms. The highest BCUT2D eigenvalue weighted by Gasteiger charge is 2.09. The van der Waals surface area contributed by atoms with Crippen molar-refractivity contribution in [2.45, 2.75) is 6.92 Å². The maximum atomic E-state index is 12.2. The lowest BCUT2D eigenvalue weighted by Gasteiger charge is -2.09. The first-order chi connectivity index (χ1) is 14.1. The van der Waals surface area contributed by atoms with E-state index in [-0.39, 0.29) is 12.5 Å². The van der Waals surface area contributed by atoms with Crippen LogP contribution in [-0.4, -0.2) is 17.5 Å². The van der Waals surface area contributed by atoms with E-state index < -0.39 is 0 Å². The largest absolute Gasteiger partial charge is 0.482 e. The molecule has 142 valence electrons. The van der Waals surface area contributed by atoms with Gasteiger partial charge in [-0.3, -0.25) is 4.79 Å². The summed E-state index contributed by atoms with van der Waals surface area (Å²) >= 11 is 1.65. The van der Waals surface area contributed by atoms with Crippen LogP contribution in [-0.2, 0) is 4.79 Å². The summed E-state index contributed by atoms with van der Waals surface area (Å²) in [6.07, 6.45) is 0. The standard InChI is InChI=1S/C23H17N3O2S/c1-15-6-11-19-21(12-15)29-23(26-19)16-7-9-18(10-8-16)25-22(27)14-28-20-5-3-2-4-17(20)13-24/h2-12H,14H2,1H3,(H,25,27). The van der Waals surface area contributed by atoms with E-state index in [0.717, 1.165) is 20.8 Å². The molecule has 0 spiro atoms. The van der Waals surface area contributed by atoms with Crippen molar-refractivity contribution in [3.63, 3.8) is 0 Å². The lowest BCUT2D eigenvalue weighted by molar-refractivity contribution is -0.118. The maximum Gasteiger partial charge on any atom is 0.262 e. The molecule has 0 saturated heterocycles.